The van der Waals surface area contributed by atoms with E-state index < -0.39 is 6.61 Å². The normalized spacial score (nSPS) is 11.4. The Kier molecular flexibility index (Phi) is 9.10. The average Bonchev–Trinajstić information content (AvgIpc) is 2.70. The highest BCUT2D eigenvalue weighted by molar-refractivity contribution is 5.79. The van der Waals surface area contributed by atoms with Crippen molar-refractivity contribution >= 4 is 5.96 Å². The number of guanidine groups is 1. The van der Waals surface area contributed by atoms with Gasteiger partial charge in [-0.3, -0.25) is 4.99 Å². The minimum atomic E-state index is -2.88. The van der Waals surface area contributed by atoms with Gasteiger partial charge in [-0.1, -0.05) is 23.8 Å². The fraction of sp³-hybridized carbons (Fsp3) is 0.400. The van der Waals surface area contributed by atoms with Gasteiger partial charge in [0.25, 0.3) is 0 Å². The van der Waals surface area contributed by atoms with E-state index in [1.165, 1.54) is 6.07 Å². The molecule has 0 amide bonds. The lowest BCUT2D eigenvalue weighted by molar-refractivity contribution is -0.0504. The predicted octanol–water partition coefficient (Wildman–Crippen LogP) is 2.88. The van der Waals surface area contributed by atoms with Crippen molar-refractivity contribution in [3.63, 3.8) is 0 Å². The third-order valence-electron chi connectivity index (χ3n) is 3.92. The van der Waals surface area contributed by atoms with E-state index in [4.69, 9.17) is 9.47 Å². The first-order valence-corrected chi connectivity index (χ1v) is 9.08. The molecule has 29 heavy (non-hydrogen) atoms. The SMILES string of the molecule is CN=C(NCc1cc(C)ccc1OC(F)F)NCc1cccnc1OCCOC. The van der Waals surface area contributed by atoms with Crippen LogP contribution in [0.4, 0.5) is 8.78 Å². The van der Waals surface area contributed by atoms with E-state index in [2.05, 4.69) is 25.3 Å². The number of halogens is 2. The fourth-order valence-corrected chi connectivity index (χ4v) is 2.55. The van der Waals surface area contributed by atoms with E-state index in [1.54, 1.807) is 32.5 Å². The summed E-state index contributed by atoms with van der Waals surface area (Å²) in [5.74, 6) is 1.15. The standard InChI is InChI=1S/C20H26F2N4O3/c1-14-6-7-17(29-19(21)22)16(11-14)13-26-20(23-2)25-12-15-5-4-8-24-18(15)28-10-9-27-3/h4-8,11,19H,9-10,12-13H2,1-3H3,(H2,23,25,26). The third kappa shape index (κ3) is 7.53. The maximum absolute atomic E-state index is 12.6. The summed E-state index contributed by atoms with van der Waals surface area (Å²) in [6.07, 6.45) is 1.65. The molecule has 1 heterocycles. The fourth-order valence-electron chi connectivity index (χ4n) is 2.55. The lowest BCUT2D eigenvalue weighted by atomic mass is 10.1. The molecule has 0 atom stereocenters. The van der Waals surface area contributed by atoms with Crippen LogP contribution in [0.25, 0.3) is 0 Å². The molecular formula is C20H26F2N4O3. The number of benzene rings is 1. The Morgan fingerprint density at radius 2 is 1.90 bits per heavy atom. The minimum Gasteiger partial charge on any atom is -0.475 e. The number of ether oxygens (including phenoxy) is 3. The predicted molar refractivity (Wildman–Crippen MR) is 106 cm³/mol. The number of aryl methyl sites for hydroxylation is 1. The minimum absolute atomic E-state index is 0.134. The molecule has 0 saturated carbocycles. The summed E-state index contributed by atoms with van der Waals surface area (Å²) in [4.78, 5) is 8.39. The van der Waals surface area contributed by atoms with Crippen molar-refractivity contribution in [2.45, 2.75) is 26.6 Å². The van der Waals surface area contributed by atoms with Gasteiger partial charge in [-0.15, -0.1) is 0 Å². The second-order valence-corrected chi connectivity index (χ2v) is 6.08. The smallest absolute Gasteiger partial charge is 0.387 e. The van der Waals surface area contributed by atoms with Crippen LogP contribution in [0.15, 0.2) is 41.5 Å². The molecule has 2 N–H and O–H groups in total. The number of hydrogen-bond donors (Lipinski definition) is 2. The van der Waals surface area contributed by atoms with Crippen LogP contribution in [-0.2, 0) is 17.8 Å². The van der Waals surface area contributed by atoms with Gasteiger partial charge in [-0.05, 0) is 19.1 Å². The Balaban J connectivity index is 1.97. The summed E-state index contributed by atoms with van der Waals surface area (Å²) in [6, 6.07) is 8.76. The van der Waals surface area contributed by atoms with Crippen molar-refractivity contribution in [2.75, 3.05) is 27.4 Å². The molecule has 0 bridgehead atoms. The van der Waals surface area contributed by atoms with Gasteiger partial charge in [0.1, 0.15) is 12.4 Å². The van der Waals surface area contributed by atoms with E-state index in [0.717, 1.165) is 11.1 Å². The molecule has 1 aromatic heterocycles. The zero-order valence-corrected chi connectivity index (χ0v) is 16.7. The molecule has 0 spiro atoms. The zero-order chi connectivity index (χ0) is 21.1. The van der Waals surface area contributed by atoms with Crippen LogP contribution >= 0.6 is 0 Å². The molecule has 0 unspecified atom stereocenters. The molecule has 0 aliphatic heterocycles. The van der Waals surface area contributed by atoms with E-state index in [0.29, 0.717) is 37.2 Å². The molecule has 7 nitrogen and oxygen atoms in total. The molecule has 2 aromatic rings. The second kappa shape index (κ2) is 11.8. The summed E-state index contributed by atoms with van der Waals surface area (Å²) < 4.78 is 40.4. The summed E-state index contributed by atoms with van der Waals surface area (Å²) in [5.41, 5.74) is 2.40. The molecular weight excluding hydrogens is 382 g/mol. The highest BCUT2D eigenvalue weighted by atomic mass is 19.3. The molecule has 158 valence electrons. The van der Waals surface area contributed by atoms with Gasteiger partial charge in [0.15, 0.2) is 5.96 Å². The van der Waals surface area contributed by atoms with E-state index in [-0.39, 0.29) is 12.3 Å². The van der Waals surface area contributed by atoms with Crippen molar-refractivity contribution in [2.24, 2.45) is 4.99 Å². The highest BCUT2D eigenvalue weighted by Crippen LogP contribution is 2.22. The van der Waals surface area contributed by atoms with Gasteiger partial charge < -0.3 is 24.8 Å². The maximum atomic E-state index is 12.6. The zero-order valence-electron chi connectivity index (χ0n) is 16.7. The molecule has 0 aliphatic carbocycles. The summed E-state index contributed by atoms with van der Waals surface area (Å²) in [6.45, 7) is 0.560. The van der Waals surface area contributed by atoms with Gasteiger partial charge in [0, 0.05) is 44.6 Å². The summed E-state index contributed by atoms with van der Waals surface area (Å²) >= 11 is 0. The van der Waals surface area contributed by atoms with Crippen LogP contribution in [0.1, 0.15) is 16.7 Å². The van der Waals surface area contributed by atoms with Crippen molar-refractivity contribution in [3.05, 3.63) is 53.2 Å². The van der Waals surface area contributed by atoms with Crippen LogP contribution in [0.2, 0.25) is 0 Å². The van der Waals surface area contributed by atoms with Crippen LogP contribution < -0.4 is 20.1 Å². The number of pyridine rings is 1. The Morgan fingerprint density at radius 1 is 1.14 bits per heavy atom. The van der Waals surface area contributed by atoms with Crippen LogP contribution in [0, 0.1) is 6.92 Å². The molecule has 1 aromatic carbocycles. The Hall–Kier alpha value is -2.94. The van der Waals surface area contributed by atoms with E-state index in [1.807, 2.05) is 19.1 Å². The van der Waals surface area contributed by atoms with Gasteiger partial charge >= 0.3 is 6.61 Å². The number of rotatable bonds is 10. The average molecular weight is 408 g/mol. The highest BCUT2D eigenvalue weighted by Gasteiger charge is 2.11. The molecule has 9 heteroatoms. The second-order valence-electron chi connectivity index (χ2n) is 6.08. The largest absolute Gasteiger partial charge is 0.475 e. The lowest BCUT2D eigenvalue weighted by Gasteiger charge is -2.16. The van der Waals surface area contributed by atoms with Gasteiger partial charge in [0.2, 0.25) is 5.88 Å². The monoisotopic (exact) mass is 408 g/mol. The first kappa shape index (κ1) is 22.4. The van der Waals surface area contributed by atoms with Gasteiger partial charge in [-0.25, -0.2) is 4.98 Å². The van der Waals surface area contributed by atoms with E-state index >= 15 is 0 Å². The molecule has 0 saturated heterocycles. The van der Waals surface area contributed by atoms with Gasteiger partial charge in [-0.2, -0.15) is 8.78 Å². The van der Waals surface area contributed by atoms with Crippen LogP contribution in [0.3, 0.4) is 0 Å². The van der Waals surface area contributed by atoms with Crippen LogP contribution in [-0.4, -0.2) is 44.9 Å². The molecule has 0 aliphatic rings. The van der Waals surface area contributed by atoms with Crippen molar-refractivity contribution in [1.29, 1.82) is 0 Å². The summed E-state index contributed by atoms with van der Waals surface area (Å²) in [5, 5.41) is 6.26. The number of nitrogens with one attached hydrogen (secondary N) is 2. The summed E-state index contributed by atoms with van der Waals surface area (Å²) in [7, 11) is 3.23. The van der Waals surface area contributed by atoms with Gasteiger partial charge in [0.05, 0.1) is 6.61 Å². The number of nitrogens with zero attached hydrogens (tertiary/aromatic N) is 2. The quantitative estimate of drug-likeness (QED) is 0.358. The first-order valence-electron chi connectivity index (χ1n) is 9.08. The van der Waals surface area contributed by atoms with Crippen molar-refractivity contribution < 1.29 is 23.0 Å². The lowest BCUT2D eigenvalue weighted by Crippen LogP contribution is -2.36. The Bertz CT molecular complexity index is 803. The topological polar surface area (TPSA) is 77.0 Å². The van der Waals surface area contributed by atoms with E-state index in [9.17, 15) is 8.78 Å². The number of alkyl halides is 2. The number of hydrogen-bond acceptors (Lipinski definition) is 5. The number of aliphatic imine (C=N–C) groups is 1. The first-order chi connectivity index (χ1) is 14.0. The maximum Gasteiger partial charge on any atom is 0.387 e. The molecule has 2 rings (SSSR count). The number of methoxy groups -OCH3 is 1. The number of aromatic nitrogens is 1. The molecule has 0 fully saturated rings. The van der Waals surface area contributed by atoms with Crippen molar-refractivity contribution in [1.82, 2.24) is 15.6 Å². The Morgan fingerprint density at radius 3 is 2.59 bits per heavy atom. The Labute approximate surface area is 169 Å². The molecule has 0 radical (unpaired) electrons. The third-order valence-corrected chi connectivity index (χ3v) is 3.92. The van der Waals surface area contributed by atoms with Crippen molar-refractivity contribution in [3.8, 4) is 11.6 Å². The van der Waals surface area contributed by atoms with Crippen LogP contribution in [0.5, 0.6) is 11.6 Å².